The third kappa shape index (κ3) is 5.58. The third-order valence-electron chi connectivity index (χ3n) is 4.22. The maximum absolute atomic E-state index is 12.3. The summed E-state index contributed by atoms with van der Waals surface area (Å²) in [6, 6.07) is 0.283. The summed E-state index contributed by atoms with van der Waals surface area (Å²) in [5, 5.41) is 6.46. The molecule has 1 heterocycles. The lowest BCUT2D eigenvalue weighted by Gasteiger charge is -2.29. The lowest BCUT2D eigenvalue weighted by atomic mass is 9.97. The molecule has 2 N–H and O–H groups in total. The van der Waals surface area contributed by atoms with Crippen LogP contribution in [0.25, 0.3) is 0 Å². The smallest absolute Gasteiger partial charge is 0.249 e. The molecule has 5 heteroatoms. The first-order chi connectivity index (χ1) is 9.29. The Morgan fingerprint density at radius 1 is 1.25 bits per heavy atom. The molecule has 0 aromatic carbocycles. The largest absolute Gasteiger partial charge is 0.365 e. The zero-order valence-electron chi connectivity index (χ0n) is 12.5. The lowest BCUT2D eigenvalue weighted by Crippen LogP contribution is -2.49. The van der Waals surface area contributed by atoms with Crippen molar-refractivity contribution in [3.63, 3.8) is 0 Å². The van der Waals surface area contributed by atoms with E-state index in [4.69, 9.17) is 4.74 Å². The van der Waals surface area contributed by atoms with Crippen LogP contribution in [0.3, 0.4) is 0 Å². The van der Waals surface area contributed by atoms with Gasteiger partial charge in [-0.15, -0.1) is 12.4 Å². The number of ether oxygens (including phenoxy) is 1. The first kappa shape index (κ1) is 17.7. The Kier molecular flexibility index (Phi) is 8.50. The number of hydrogen-bond donors (Lipinski definition) is 2. The molecule has 0 aromatic heterocycles. The van der Waals surface area contributed by atoms with E-state index in [1.165, 1.54) is 19.3 Å². The summed E-state index contributed by atoms with van der Waals surface area (Å²) in [5.41, 5.74) is 0. The molecule has 0 spiro atoms. The highest BCUT2D eigenvalue weighted by Gasteiger charge is 2.25. The molecule has 0 aromatic rings. The number of nitrogens with one attached hydrogen (secondary N) is 2. The average Bonchev–Trinajstić information content (AvgIpc) is 2.47. The molecule has 118 valence electrons. The number of carbonyl (C=O) groups excluding carboxylic acids is 1. The predicted octanol–water partition coefficient (Wildman–Crippen LogP) is 2.40. The normalized spacial score (nSPS) is 25.6. The van der Waals surface area contributed by atoms with Crippen molar-refractivity contribution in [2.45, 2.75) is 76.5 Å². The van der Waals surface area contributed by atoms with Crippen LogP contribution in [0.15, 0.2) is 0 Å². The Hall–Kier alpha value is -0.320. The van der Waals surface area contributed by atoms with Gasteiger partial charge < -0.3 is 15.4 Å². The zero-order chi connectivity index (χ0) is 13.5. The van der Waals surface area contributed by atoms with Crippen LogP contribution in [-0.2, 0) is 9.53 Å². The van der Waals surface area contributed by atoms with Crippen molar-refractivity contribution in [3.05, 3.63) is 0 Å². The fraction of sp³-hybridized carbons (Fsp3) is 0.933. The molecule has 1 saturated heterocycles. The van der Waals surface area contributed by atoms with Crippen molar-refractivity contribution >= 4 is 18.3 Å². The molecular formula is C15H29ClN2O2. The summed E-state index contributed by atoms with van der Waals surface area (Å²) >= 11 is 0. The van der Waals surface area contributed by atoms with Gasteiger partial charge in [-0.05, 0) is 38.6 Å². The van der Waals surface area contributed by atoms with E-state index in [1.807, 2.05) is 6.92 Å². The molecule has 2 atom stereocenters. The molecule has 1 unspecified atom stereocenters. The summed E-state index contributed by atoms with van der Waals surface area (Å²) in [6.07, 6.45) is 9.08. The lowest BCUT2D eigenvalue weighted by molar-refractivity contribution is -0.139. The van der Waals surface area contributed by atoms with E-state index in [-0.39, 0.29) is 30.5 Å². The van der Waals surface area contributed by atoms with Gasteiger partial charge in [-0.1, -0.05) is 26.2 Å². The highest BCUT2D eigenvalue weighted by molar-refractivity contribution is 5.85. The van der Waals surface area contributed by atoms with Crippen LogP contribution in [0, 0.1) is 0 Å². The van der Waals surface area contributed by atoms with Crippen molar-refractivity contribution in [3.8, 4) is 0 Å². The van der Waals surface area contributed by atoms with Crippen LogP contribution in [0.4, 0.5) is 0 Å². The van der Waals surface area contributed by atoms with Crippen LogP contribution >= 0.6 is 12.4 Å². The van der Waals surface area contributed by atoms with E-state index in [1.54, 1.807) is 0 Å². The van der Waals surface area contributed by atoms with Gasteiger partial charge >= 0.3 is 0 Å². The van der Waals surface area contributed by atoms with Gasteiger partial charge in [0.15, 0.2) is 0 Å². The maximum atomic E-state index is 12.3. The summed E-state index contributed by atoms with van der Waals surface area (Å²) in [7, 11) is 0. The van der Waals surface area contributed by atoms with Gasteiger partial charge in [-0.25, -0.2) is 0 Å². The van der Waals surface area contributed by atoms with Gasteiger partial charge in [0.25, 0.3) is 0 Å². The Bertz CT molecular complexity index is 277. The SMILES string of the molecule is CCC(OC1CCCCC1)C(=O)N[C@H]1CCCNC1.Cl. The van der Waals surface area contributed by atoms with Gasteiger partial charge in [-0.3, -0.25) is 4.79 Å². The van der Waals surface area contributed by atoms with Crippen molar-refractivity contribution in [2.24, 2.45) is 0 Å². The number of amides is 1. The highest BCUT2D eigenvalue weighted by atomic mass is 35.5. The Morgan fingerprint density at radius 3 is 2.60 bits per heavy atom. The molecule has 2 fully saturated rings. The quantitative estimate of drug-likeness (QED) is 0.820. The predicted molar refractivity (Wildman–Crippen MR) is 83.3 cm³/mol. The van der Waals surface area contributed by atoms with Crippen LogP contribution in [0.2, 0.25) is 0 Å². The van der Waals surface area contributed by atoms with Gasteiger partial charge in [0.2, 0.25) is 5.91 Å². The van der Waals surface area contributed by atoms with Crippen molar-refractivity contribution < 1.29 is 9.53 Å². The Morgan fingerprint density at radius 2 is 2.00 bits per heavy atom. The number of hydrogen-bond acceptors (Lipinski definition) is 3. The molecule has 4 nitrogen and oxygen atoms in total. The minimum absolute atomic E-state index is 0. The molecule has 1 aliphatic heterocycles. The minimum atomic E-state index is -0.259. The van der Waals surface area contributed by atoms with Crippen molar-refractivity contribution in [2.75, 3.05) is 13.1 Å². The van der Waals surface area contributed by atoms with Crippen LogP contribution in [0.1, 0.15) is 58.3 Å². The van der Waals surface area contributed by atoms with Crippen molar-refractivity contribution in [1.29, 1.82) is 0 Å². The maximum Gasteiger partial charge on any atom is 0.249 e. The average molecular weight is 305 g/mol. The summed E-state index contributed by atoms with van der Waals surface area (Å²) in [4.78, 5) is 12.3. The van der Waals surface area contributed by atoms with Gasteiger partial charge in [0.1, 0.15) is 6.10 Å². The van der Waals surface area contributed by atoms with E-state index < -0.39 is 0 Å². The second kappa shape index (κ2) is 9.59. The van der Waals surface area contributed by atoms with E-state index in [0.717, 1.165) is 45.2 Å². The van der Waals surface area contributed by atoms with Crippen LogP contribution in [-0.4, -0.2) is 37.2 Å². The number of rotatable bonds is 5. The molecular weight excluding hydrogens is 276 g/mol. The van der Waals surface area contributed by atoms with E-state index in [9.17, 15) is 4.79 Å². The van der Waals surface area contributed by atoms with Gasteiger partial charge in [0, 0.05) is 12.6 Å². The number of piperidine rings is 1. The number of carbonyl (C=O) groups is 1. The molecule has 2 rings (SSSR count). The first-order valence-corrected chi connectivity index (χ1v) is 7.96. The van der Waals surface area contributed by atoms with Gasteiger partial charge in [0.05, 0.1) is 6.10 Å². The molecule has 0 radical (unpaired) electrons. The molecule has 20 heavy (non-hydrogen) atoms. The van der Waals surface area contributed by atoms with E-state index in [2.05, 4.69) is 10.6 Å². The van der Waals surface area contributed by atoms with Gasteiger partial charge in [-0.2, -0.15) is 0 Å². The fourth-order valence-corrected chi connectivity index (χ4v) is 3.05. The standard InChI is InChI=1S/C15H28N2O2.ClH/c1-2-14(19-13-8-4-3-5-9-13)15(18)17-12-7-6-10-16-11-12;/h12-14,16H,2-11H2,1H3,(H,17,18);1H/t12-,14?;/m0./s1. The van der Waals surface area contributed by atoms with E-state index >= 15 is 0 Å². The molecule has 1 aliphatic carbocycles. The summed E-state index contributed by atoms with van der Waals surface area (Å²) in [6.45, 7) is 4.00. The van der Waals surface area contributed by atoms with E-state index in [0.29, 0.717) is 6.10 Å². The molecule has 2 aliphatic rings. The van der Waals surface area contributed by atoms with Crippen LogP contribution in [0.5, 0.6) is 0 Å². The molecule has 1 amide bonds. The Labute approximate surface area is 128 Å². The monoisotopic (exact) mass is 304 g/mol. The summed E-state index contributed by atoms with van der Waals surface area (Å²) in [5.74, 6) is 0.0850. The van der Waals surface area contributed by atoms with Crippen molar-refractivity contribution in [1.82, 2.24) is 10.6 Å². The first-order valence-electron chi connectivity index (χ1n) is 7.96. The second-order valence-corrected chi connectivity index (χ2v) is 5.84. The molecule has 1 saturated carbocycles. The summed E-state index contributed by atoms with van der Waals surface area (Å²) < 4.78 is 6.01. The molecule has 0 bridgehead atoms. The third-order valence-corrected chi connectivity index (χ3v) is 4.22. The minimum Gasteiger partial charge on any atom is -0.365 e. The Balaban J connectivity index is 0.00000200. The fourth-order valence-electron chi connectivity index (χ4n) is 3.05. The van der Waals surface area contributed by atoms with Crippen LogP contribution < -0.4 is 10.6 Å². The highest BCUT2D eigenvalue weighted by Crippen LogP contribution is 2.22. The zero-order valence-corrected chi connectivity index (χ0v) is 13.3. The second-order valence-electron chi connectivity index (χ2n) is 5.84. The number of halogens is 1. The topological polar surface area (TPSA) is 50.4 Å².